The largest absolute Gasteiger partial charge is 0.300 e. The number of benzene rings is 1. The van der Waals surface area contributed by atoms with Crippen LogP contribution in [0.5, 0.6) is 0 Å². The SMILES string of the molecule is C=CCN(CCCNS(=O)(=O)c1ccccn1)CCCN1C(=O)c2ccccc2C1=O. The molecule has 0 radical (unpaired) electrons. The van der Waals surface area contributed by atoms with Crippen molar-refractivity contribution in [3.63, 3.8) is 0 Å². The molecule has 0 saturated carbocycles. The molecule has 1 aromatic heterocycles. The van der Waals surface area contributed by atoms with E-state index < -0.39 is 10.0 Å². The molecule has 164 valence electrons. The molecule has 2 amide bonds. The maximum Gasteiger partial charge on any atom is 0.261 e. The average Bonchev–Trinajstić information content (AvgIpc) is 3.02. The van der Waals surface area contributed by atoms with Gasteiger partial charge in [0.15, 0.2) is 5.03 Å². The number of nitrogens with zero attached hydrogens (tertiary/aromatic N) is 3. The van der Waals surface area contributed by atoms with Crippen LogP contribution in [0.4, 0.5) is 0 Å². The molecule has 0 fully saturated rings. The summed E-state index contributed by atoms with van der Waals surface area (Å²) in [7, 11) is -3.62. The van der Waals surface area contributed by atoms with E-state index in [1.54, 1.807) is 42.5 Å². The standard InChI is InChI=1S/C22H26N4O4S/c1-2-14-25(15-7-13-24-31(29,30)20-11-5-6-12-23-20)16-8-17-26-21(27)18-9-3-4-10-19(18)22(26)28/h2-6,9-12,24H,1,7-8,13-17H2. The first-order valence-corrected chi connectivity index (χ1v) is 11.6. The maximum absolute atomic E-state index is 12.4. The second kappa shape index (κ2) is 10.4. The first kappa shape index (κ1) is 22.8. The van der Waals surface area contributed by atoms with Crippen molar-refractivity contribution in [1.29, 1.82) is 0 Å². The van der Waals surface area contributed by atoms with Crippen LogP contribution in [-0.2, 0) is 10.0 Å². The van der Waals surface area contributed by atoms with Crippen LogP contribution in [0.3, 0.4) is 0 Å². The molecule has 9 heteroatoms. The zero-order chi connectivity index (χ0) is 22.3. The summed E-state index contributed by atoms with van der Waals surface area (Å²) in [5.41, 5.74) is 0.909. The van der Waals surface area contributed by atoms with Gasteiger partial charge in [0, 0.05) is 32.4 Å². The van der Waals surface area contributed by atoms with Crippen LogP contribution >= 0.6 is 0 Å². The fourth-order valence-corrected chi connectivity index (χ4v) is 4.48. The second-order valence-corrected chi connectivity index (χ2v) is 8.88. The first-order chi connectivity index (χ1) is 14.9. The molecule has 1 N–H and O–H groups in total. The lowest BCUT2D eigenvalue weighted by atomic mass is 10.1. The van der Waals surface area contributed by atoms with Gasteiger partial charge in [-0.15, -0.1) is 6.58 Å². The fraction of sp³-hybridized carbons (Fsp3) is 0.318. The van der Waals surface area contributed by atoms with Gasteiger partial charge in [-0.2, -0.15) is 0 Å². The van der Waals surface area contributed by atoms with Crippen LogP contribution in [0.15, 0.2) is 66.3 Å². The highest BCUT2D eigenvalue weighted by molar-refractivity contribution is 7.89. The van der Waals surface area contributed by atoms with Crippen LogP contribution in [0.2, 0.25) is 0 Å². The van der Waals surface area contributed by atoms with Crippen LogP contribution in [0.1, 0.15) is 33.6 Å². The van der Waals surface area contributed by atoms with Crippen molar-refractivity contribution in [3.8, 4) is 0 Å². The predicted octanol–water partition coefficient (Wildman–Crippen LogP) is 1.92. The van der Waals surface area contributed by atoms with E-state index in [4.69, 9.17) is 0 Å². The lowest BCUT2D eigenvalue weighted by Crippen LogP contribution is -2.35. The quantitative estimate of drug-likeness (QED) is 0.306. The molecule has 1 aliphatic rings. The zero-order valence-corrected chi connectivity index (χ0v) is 18.1. The van der Waals surface area contributed by atoms with Crippen LogP contribution in [0.25, 0.3) is 0 Å². The molecule has 0 aliphatic carbocycles. The molecule has 31 heavy (non-hydrogen) atoms. The number of hydrogen-bond acceptors (Lipinski definition) is 6. The lowest BCUT2D eigenvalue weighted by molar-refractivity contribution is 0.0648. The van der Waals surface area contributed by atoms with Gasteiger partial charge in [-0.05, 0) is 43.7 Å². The Morgan fingerprint density at radius 2 is 1.65 bits per heavy atom. The molecule has 0 saturated heterocycles. The number of rotatable bonds is 12. The Bertz CT molecular complexity index is 1010. The molecular weight excluding hydrogens is 416 g/mol. The Hall–Kier alpha value is -2.88. The monoisotopic (exact) mass is 442 g/mol. The number of pyridine rings is 1. The Morgan fingerprint density at radius 1 is 1.00 bits per heavy atom. The Morgan fingerprint density at radius 3 is 2.26 bits per heavy atom. The van der Waals surface area contributed by atoms with Crippen LogP contribution < -0.4 is 4.72 Å². The number of hydrogen-bond donors (Lipinski definition) is 1. The minimum Gasteiger partial charge on any atom is -0.300 e. The smallest absolute Gasteiger partial charge is 0.261 e. The van der Waals surface area contributed by atoms with Crippen molar-refractivity contribution in [2.75, 3.05) is 32.7 Å². The highest BCUT2D eigenvalue weighted by atomic mass is 32.2. The summed E-state index contributed by atoms with van der Waals surface area (Å²) in [4.78, 5) is 32.1. The van der Waals surface area contributed by atoms with Gasteiger partial charge >= 0.3 is 0 Å². The van der Waals surface area contributed by atoms with E-state index in [0.29, 0.717) is 50.1 Å². The van der Waals surface area contributed by atoms with Crippen LogP contribution in [0, 0.1) is 0 Å². The van der Waals surface area contributed by atoms with Gasteiger partial charge in [-0.1, -0.05) is 24.3 Å². The molecule has 0 bridgehead atoms. The number of aromatic nitrogens is 1. The summed E-state index contributed by atoms with van der Waals surface area (Å²) in [5, 5.41) is -0.00103. The molecular formula is C22H26N4O4S. The molecule has 1 aromatic carbocycles. The Labute approximate surface area is 182 Å². The molecule has 0 atom stereocenters. The molecule has 2 heterocycles. The minimum atomic E-state index is -3.62. The Kier molecular flexibility index (Phi) is 7.67. The highest BCUT2D eigenvalue weighted by Gasteiger charge is 2.34. The summed E-state index contributed by atoms with van der Waals surface area (Å²) in [6, 6.07) is 11.6. The summed E-state index contributed by atoms with van der Waals surface area (Å²) in [6.45, 7) is 6.33. The van der Waals surface area contributed by atoms with Gasteiger partial charge in [0.1, 0.15) is 0 Å². The topological polar surface area (TPSA) is 99.7 Å². The van der Waals surface area contributed by atoms with E-state index >= 15 is 0 Å². The number of carbonyl (C=O) groups is 2. The summed E-state index contributed by atoms with van der Waals surface area (Å²) >= 11 is 0. The second-order valence-electron chi connectivity index (χ2n) is 7.17. The van der Waals surface area contributed by atoms with Crippen molar-refractivity contribution in [3.05, 3.63) is 72.4 Å². The normalized spacial score (nSPS) is 13.6. The van der Waals surface area contributed by atoms with Gasteiger partial charge in [-0.3, -0.25) is 19.4 Å². The summed E-state index contributed by atoms with van der Waals surface area (Å²) in [5.74, 6) is -0.500. The third kappa shape index (κ3) is 5.63. The first-order valence-electron chi connectivity index (χ1n) is 10.1. The number of fused-ring (bicyclic) bond motifs is 1. The van der Waals surface area contributed by atoms with Crippen molar-refractivity contribution >= 4 is 21.8 Å². The van der Waals surface area contributed by atoms with Gasteiger partial charge in [-0.25, -0.2) is 18.1 Å². The highest BCUT2D eigenvalue weighted by Crippen LogP contribution is 2.22. The van der Waals surface area contributed by atoms with Gasteiger partial charge < -0.3 is 0 Å². The predicted molar refractivity (Wildman–Crippen MR) is 117 cm³/mol. The number of nitrogens with one attached hydrogen (secondary N) is 1. The average molecular weight is 443 g/mol. The summed E-state index contributed by atoms with van der Waals surface area (Å²) in [6.07, 6.45) is 4.45. The third-order valence-corrected chi connectivity index (χ3v) is 6.35. The van der Waals surface area contributed by atoms with E-state index in [1.165, 1.54) is 17.2 Å². The molecule has 1 aliphatic heterocycles. The van der Waals surface area contributed by atoms with E-state index in [0.717, 1.165) is 0 Å². The zero-order valence-electron chi connectivity index (χ0n) is 17.2. The molecule has 8 nitrogen and oxygen atoms in total. The van der Waals surface area contributed by atoms with Crippen LogP contribution in [-0.4, -0.2) is 67.7 Å². The Balaban J connectivity index is 1.44. The van der Waals surface area contributed by atoms with E-state index in [9.17, 15) is 18.0 Å². The lowest BCUT2D eigenvalue weighted by Gasteiger charge is -2.22. The summed E-state index contributed by atoms with van der Waals surface area (Å²) < 4.78 is 27.0. The molecule has 0 spiro atoms. The van der Waals surface area contributed by atoms with Crippen molar-refractivity contribution in [2.45, 2.75) is 17.9 Å². The van der Waals surface area contributed by atoms with Crippen molar-refractivity contribution in [2.24, 2.45) is 0 Å². The third-order valence-electron chi connectivity index (χ3n) is 4.98. The molecule has 2 aromatic rings. The van der Waals surface area contributed by atoms with Gasteiger partial charge in [0.25, 0.3) is 21.8 Å². The molecule has 0 unspecified atom stereocenters. The van der Waals surface area contributed by atoms with Gasteiger partial charge in [0.05, 0.1) is 11.1 Å². The minimum absolute atomic E-state index is 0.00103. The number of carbonyl (C=O) groups excluding carboxylic acids is 2. The number of amides is 2. The van der Waals surface area contributed by atoms with Gasteiger partial charge in [0.2, 0.25) is 0 Å². The van der Waals surface area contributed by atoms with E-state index in [-0.39, 0.29) is 23.4 Å². The molecule has 3 rings (SSSR count). The van der Waals surface area contributed by atoms with E-state index in [2.05, 4.69) is 21.2 Å². The van der Waals surface area contributed by atoms with Crippen molar-refractivity contribution < 1.29 is 18.0 Å². The van der Waals surface area contributed by atoms with Crippen molar-refractivity contribution in [1.82, 2.24) is 19.5 Å². The number of sulfonamides is 1. The van der Waals surface area contributed by atoms with E-state index in [1.807, 2.05) is 0 Å². The number of imide groups is 1. The fourth-order valence-electron chi connectivity index (χ4n) is 3.46. The maximum atomic E-state index is 12.4.